The first-order valence-electron chi connectivity index (χ1n) is 9.78. The van der Waals surface area contributed by atoms with E-state index in [1.54, 1.807) is 19.2 Å². The lowest BCUT2D eigenvalue weighted by Crippen LogP contribution is -2.18. The zero-order valence-electron chi connectivity index (χ0n) is 16.6. The Morgan fingerprint density at radius 3 is 2.93 bits per heavy atom. The minimum Gasteiger partial charge on any atom is -0.496 e. The largest absolute Gasteiger partial charge is 0.496 e. The molecule has 1 unspecified atom stereocenters. The van der Waals surface area contributed by atoms with Crippen molar-refractivity contribution in [1.29, 1.82) is 5.26 Å². The number of aromatic amines is 1. The molecule has 7 nitrogen and oxygen atoms in total. The van der Waals surface area contributed by atoms with Gasteiger partial charge < -0.3 is 14.8 Å². The monoisotopic (exact) mass is 400 g/mol. The number of ether oxygens (including phenoxy) is 1. The van der Waals surface area contributed by atoms with Crippen molar-refractivity contribution in [3.63, 3.8) is 0 Å². The summed E-state index contributed by atoms with van der Waals surface area (Å²) >= 11 is 0. The Hall–Kier alpha value is -3.79. The first-order valence-corrected chi connectivity index (χ1v) is 9.78. The van der Waals surface area contributed by atoms with Crippen LogP contribution in [-0.2, 0) is 4.79 Å². The molecule has 1 aliphatic carbocycles. The van der Waals surface area contributed by atoms with Crippen molar-refractivity contribution < 1.29 is 14.6 Å². The highest BCUT2D eigenvalue weighted by molar-refractivity contribution is 5.89. The molecule has 0 radical (unpaired) electrons. The quantitative estimate of drug-likeness (QED) is 0.527. The molecule has 0 amide bonds. The van der Waals surface area contributed by atoms with E-state index >= 15 is 0 Å². The molecule has 0 bridgehead atoms. The molecule has 2 aromatic heterocycles. The summed E-state index contributed by atoms with van der Waals surface area (Å²) < 4.78 is 7.59. The number of nitrogens with one attached hydrogen (secondary N) is 1. The van der Waals surface area contributed by atoms with Crippen LogP contribution < -0.4 is 4.74 Å². The predicted octanol–water partition coefficient (Wildman–Crippen LogP) is 4.02. The summed E-state index contributed by atoms with van der Waals surface area (Å²) in [6.07, 6.45) is 4.40. The van der Waals surface area contributed by atoms with E-state index in [4.69, 9.17) is 9.84 Å². The molecule has 0 aliphatic heterocycles. The van der Waals surface area contributed by atoms with Gasteiger partial charge in [-0.05, 0) is 55.2 Å². The van der Waals surface area contributed by atoms with Crippen molar-refractivity contribution in [2.45, 2.75) is 19.4 Å². The second-order valence-electron chi connectivity index (χ2n) is 7.86. The van der Waals surface area contributed by atoms with Crippen molar-refractivity contribution in [3.05, 3.63) is 59.4 Å². The Balaban J connectivity index is 1.75. The van der Waals surface area contributed by atoms with Crippen molar-refractivity contribution in [1.82, 2.24) is 14.8 Å². The van der Waals surface area contributed by atoms with E-state index in [-0.39, 0.29) is 12.0 Å². The molecular formula is C23H20N4O3. The maximum absolute atomic E-state index is 11.7. The van der Waals surface area contributed by atoms with Crippen LogP contribution in [0.5, 0.6) is 5.75 Å². The van der Waals surface area contributed by atoms with E-state index in [2.05, 4.69) is 11.1 Å². The van der Waals surface area contributed by atoms with Crippen LogP contribution in [0, 0.1) is 30.1 Å². The van der Waals surface area contributed by atoms with Gasteiger partial charge in [0.15, 0.2) is 0 Å². The molecule has 2 N–H and O–H groups in total. The zero-order chi connectivity index (χ0) is 21.0. The van der Waals surface area contributed by atoms with Gasteiger partial charge in [0, 0.05) is 34.2 Å². The molecule has 1 fully saturated rings. The van der Waals surface area contributed by atoms with Crippen LogP contribution in [-0.4, -0.2) is 33.0 Å². The molecule has 3 atom stereocenters. The molecule has 2 aromatic carbocycles. The molecule has 0 spiro atoms. The summed E-state index contributed by atoms with van der Waals surface area (Å²) in [7, 11) is 1.63. The van der Waals surface area contributed by atoms with Crippen molar-refractivity contribution in [3.8, 4) is 11.8 Å². The van der Waals surface area contributed by atoms with Gasteiger partial charge in [-0.15, -0.1) is 0 Å². The first-order chi connectivity index (χ1) is 14.5. The van der Waals surface area contributed by atoms with E-state index in [1.807, 2.05) is 42.2 Å². The van der Waals surface area contributed by atoms with Gasteiger partial charge in [-0.2, -0.15) is 10.4 Å². The second-order valence-corrected chi connectivity index (χ2v) is 7.86. The van der Waals surface area contributed by atoms with Gasteiger partial charge in [-0.25, -0.2) is 0 Å². The second kappa shape index (κ2) is 6.63. The molecule has 30 heavy (non-hydrogen) atoms. The third kappa shape index (κ3) is 2.72. The molecule has 4 aromatic rings. The maximum atomic E-state index is 11.7. The highest BCUT2D eigenvalue weighted by atomic mass is 16.5. The minimum absolute atomic E-state index is 0.0954. The Kier molecular flexibility index (Phi) is 4.03. The van der Waals surface area contributed by atoms with Crippen molar-refractivity contribution >= 4 is 27.8 Å². The number of nitrogens with zero attached hydrogens (tertiary/aromatic N) is 3. The van der Waals surface area contributed by atoms with Gasteiger partial charge >= 0.3 is 5.97 Å². The lowest BCUT2D eigenvalue weighted by molar-refractivity contribution is -0.138. The number of aliphatic carboxylic acids is 1. The van der Waals surface area contributed by atoms with E-state index in [1.165, 1.54) is 0 Å². The highest BCUT2D eigenvalue weighted by Gasteiger charge is 2.50. The number of hydrogen-bond donors (Lipinski definition) is 2. The molecule has 2 heterocycles. The third-order valence-corrected chi connectivity index (χ3v) is 6.06. The lowest BCUT2D eigenvalue weighted by atomic mass is 9.94. The number of carboxylic acids is 1. The summed E-state index contributed by atoms with van der Waals surface area (Å²) in [6, 6.07) is 11.2. The number of hydrogen-bond acceptors (Lipinski definition) is 4. The number of fused-ring (bicyclic) bond motifs is 2. The highest BCUT2D eigenvalue weighted by Crippen LogP contribution is 2.52. The standard InChI is InChI=1S/C23H20N4O3/c1-12-7-19(30-2)20(15-5-6-25-21(12)15)22(16-9-17(16)23(28)29)27-11-14-4-3-13(10-24)8-18(14)26-27/h3-8,11,16-17,22,25H,9H2,1-2H3,(H,28,29)/t16-,17-,22?/m1/s1. The Morgan fingerprint density at radius 1 is 1.40 bits per heavy atom. The van der Waals surface area contributed by atoms with Gasteiger partial charge in [-0.1, -0.05) is 0 Å². The summed E-state index contributed by atoms with van der Waals surface area (Å²) in [5.74, 6) is -0.582. The average Bonchev–Trinajstić information content (AvgIpc) is 3.18. The van der Waals surface area contributed by atoms with Crippen LogP contribution in [0.2, 0.25) is 0 Å². The Labute approximate surface area is 172 Å². The van der Waals surface area contributed by atoms with E-state index in [0.29, 0.717) is 17.5 Å². The number of nitriles is 1. The molecule has 150 valence electrons. The number of aryl methyl sites for hydroxylation is 1. The maximum Gasteiger partial charge on any atom is 0.306 e. The van der Waals surface area contributed by atoms with Crippen molar-refractivity contribution in [2.75, 3.05) is 7.11 Å². The fourth-order valence-electron chi connectivity index (χ4n) is 4.51. The van der Waals surface area contributed by atoms with Crippen LogP contribution in [0.3, 0.4) is 0 Å². The fraction of sp³-hybridized carbons (Fsp3) is 0.261. The average molecular weight is 400 g/mol. The minimum atomic E-state index is -0.787. The third-order valence-electron chi connectivity index (χ3n) is 6.06. The molecule has 7 heteroatoms. The van der Waals surface area contributed by atoms with Gasteiger partial charge in [-0.3, -0.25) is 9.48 Å². The molecular weight excluding hydrogens is 380 g/mol. The molecule has 0 saturated heterocycles. The van der Waals surface area contributed by atoms with Crippen LogP contribution >= 0.6 is 0 Å². The van der Waals surface area contributed by atoms with Gasteiger partial charge in [0.2, 0.25) is 0 Å². The summed E-state index contributed by atoms with van der Waals surface area (Å²) in [6.45, 7) is 2.02. The number of benzene rings is 2. The number of rotatable bonds is 5. The predicted molar refractivity (Wildman–Crippen MR) is 111 cm³/mol. The Morgan fingerprint density at radius 2 is 2.23 bits per heavy atom. The number of methoxy groups -OCH3 is 1. The smallest absolute Gasteiger partial charge is 0.306 e. The number of carboxylic acid groups (broad SMARTS) is 1. The van der Waals surface area contributed by atoms with Gasteiger partial charge in [0.25, 0.3) is 0 Å². The number of H-pyrrole nitrogens is 1. The van der Waals surface area contributed by atoms with Gasteiger partial charge in [0.1, 0.15) is 5.75 Å². The Bertz CT molecular complexity index is 1340. The fourth-order valence-corrected chi connectivity index (χ4v) is 4.51. The molecule has 1 aliphatic rings. The van der Waals surface area contributed by atoms with Crippen LogP contribution in [0.1, 0.15) is 29.2 Å². The first kappa shape index (κ1) is 18.3. The van der Waals surface area contributed by atoms with Gasteiger partial charge in [0.05, 0.1) is 36.2 Å². The van der Waals surface area contributed by atoms with Crippen LogP contribution in [0.25, 0.3) is 21.8 Å². The van der Waals surface area contributed by atoms with Crippen LogP contribution in [0.15, 0.2) is 42.7 Å². The molecule has 1 saturated carbocycles. The summed E-state index contributed by atoms with van der Waals surface area (Å²) in [5.41, 5.74) is 4.25. The zero-order valence-corrected chi connectivity index (χ0v) is 16.6. The van der Waals surface area contributed by atoms with Crippen molar-refractivity contribution in [2.24, 2.45) is 11.8 Å². The molecule has 5 rings (SSSR count). The normalized spacial score (nSPS) is 19.0. The topological polar surface area (TPSA) is 104 Å². The summed E-state index contributed by atoms with van der Waals surface area (Å²) in [5, 5.41) is 25.5. The number of carbonyl (C=O) groups is 1. The van der Waals surface area contributed by atoms with E-state index < -0.39 is 11.9 Å². The summed E-state index contributed by atoms with van der Waals surface area (Å²) in [4.78, 5) is 15.0. The van der Waals surface area contributed by atoms with Crippen LogP contribution in [0.4, 0.5) is 0 Å². The van der Waals surface area contributed by atoms with E-state index in [9.17, 15) is 15.2 Å². The lowest BCUT2D eigenvalue weighted by Gasteiger charge is -2.22. The number of aromatic nitrogens is 3. The van der Waals surface area contributed by atoms with E-state index in [0.717, 1.165) is 33.2 Å². The SMILES string of the molecule is COc1cc(C)c2[nH]ccc2c1C([C@@H]1C[C@H]1C(=O)O)n1cc2ccc(C#N)cc2n1.